The predicted molar refractivity (Wildman–Crippen MR) is 112 cm³/mol. The number of fused-ring (bicyclic) bond motifs is 1. The van der Waals surface area contributed by atoms with E-state index >= 15 is 0 Å². The topological polar surface area (TPSA) is 61.2 Å². The number of rotatable bonds is 5. The molecule has 0 unspecified atom stereocenters. The van der Waals surface area contributed by atoms with E-state index in [-0.39, 0.29) is 18.1 Å². The van der Waals surface area contributed by atoms with E-state index in [1.165, 1.54) is 15.9 Å². The first kappa shape index (κ1) is 19.8. The molecule has 0 aliphatic heterocycles. The SMILES string of the molecule is CCOC(=O)C(C)(C)n1c(C(C)C)nc2sc(C)c(-c3cccs3)c2c1=O. The summed E-state index contributed by atoms with van der Waals surface area (Å²) in [5, 5.41) is 2.58. The molecule has 0 radical (unpaired) electrons. The van der Waals surface area contributed by atoms with Crippen molar-refractivity contribution in [2.45, 2.75) is 53.0 Å². The summed E-state index contributed by atoms with van der Waals surface area (Å²) in [7, 11) is 0. The Morgan fingerprint density at radius 2 is 2.07 bits per heavy atom. The summed E-state index contributed by atoms with van der Waals surface area (Å²) in [4.78, 5) is 33.9. The summed E-state index contributed by atoms with van der Waals surface area (Å²) < 4.78 is 6.78. The van der Waals surface area contributed by atoms with Crippen LogP contribution in [-0.4, -0.2) is 22.1 Å². The fourth-order valence-electron chi connectivity index (χ4n) is 3.22. The number of hydrogen-bond donors (Lipinski definition) is 0. The first-order valence-electron chi connectivity index (χ1n) is 8.97. The van der Waals surface area contributed by atoms with Gasteiger partial charge < -0.3 is 4.74 Å². The molecule has 3 rings (SSSR count). The number of hydrogen-bond acceptors (Lipinski definition) is 6. The van der Waals surface area contributed by atoms with Gasteiger partial charge in [-0.05, 0) is 39.1 Å². The number of aryl methyl sites for hydroxylation is 1. The maximum Gasteiger partial charge on any atom is 0.331 e. The zero-order chi connectivity index (χ0) is 19.9. The molecular weight excluding hydrogens is 380 g/mol. The van der Waals surface area contributed by atoms with Gasteiger partial charge in [0.05, 0.1) is 12.0 Å². The Morgan fingerprint density at radius 1 is 1.37 bits per heavy atom. The Hall–Kier alpha value is -1.99. The molecule has 0 saturated heterocycles. The second-order valence-electron chi connectivity index (χ2n) is 7.24. The highest BCUT2D eigenvalue weighted by molar-refractivity contribution is 7.20. The lowest BCUT2D eigenvalue weighted by Crippen LogP contribution is -2.46. The molecule has 0 amide bonds. The van der Waals surface area contributed by atoms with Crippen molar-refractivity contribution >= 4 is 38.9 Å². The summed E-state index contributed by atoms with van der Waals surface area (Å²) in [5.41, 5.74) is -0.406. The molecular formula is C20H24N2O3S2. The standard InChI is InChI=1S/C20H24N2O3S2/c1-7-25-19(24)20(5,6)22-16(11(2)3)21-17-15(18(22)23)14(12(4)27-17)13-9-8-10-26-13/h8-11H,7H2,1-6H3. The first-order chi connectivity index (χ1) is 12.7. The average Bonchev–Trinajstić information content (AvgIpc) is 3.21. The van der Waals surface area contributed by atoms with Crippen molar-refractivity contribution in [3.63, 3.8) is 0 Å². The molecule has 144 valence electrons. The maximum atomic E-state index is 13.7. The molecule has 0 aliphatic carbocycles. The minimum absolute atomic E-state index is 0.0107. The molecule has 0 N–H and O–H groups in total. The van der Waals surface area contributed by atoms with E-state index in [0.717, 1.165) is 20.1 Å². The average molecular weight is 405 g/mol. The van der Waals surface area contributed by atoms with Gasteiger partial charge in [-0.3, -0.25) is 9.36 Å². The molecule has 3 aromatic rings. The van der Waals surface area contributed by atoms with Crippen LogP contribution in [0, 0.1) is 6.92 Å². The summed E-state index contributed by atoms with van der Waals surface area (Å²) in [6, 6.07) is 3.98. The third-order valence-electron chi connectivity index (χ3n) is 4.55. The molecule has 0 aliphatic rings. The van der Waals surface area contributed by atoms with E-state index in [1.807, 2.05) is 38.3 Å². The summed E-state index contributed by atoms with van der Waals surface area (Å²) >= 11 is 3.12. The van der Waals surface area contributed by atoms with E-state index in [1.54, 1.807) is 32.1 Å². The lowest BCUT2D eigenvalue weighted by atomic mass is 10.0. The van der Waals surface area contributed by atoms with Crippen molar-refractivity contribution in [2.75, 3.05) is 6.61 Å². The highest BCUT2D eigenvalue weighted by Crippen LogP contribution is 2.39. The van der Waals surface area contributed by atoms with Gasteiger partial charge in [0.15, 0.2) is 0 Å². The third kappa shape index (κ3) is 3.23. The van der Waals surface area contributed by atoms with Crippen molar-refractivity contribution in [1.82, 2.24) is 9.55 Å². The summed E-state index contributed by atoms with van der Waals surface area (Å²) in [6.45, 7) is 11.4. The Balaban J connectivity index is 2.41. The van der Waals surface area contributed by atoms with Crippen molar-refractivity contribution in [3.05, 3.63) is 38.6 Å². The van der Waals surface area contributed by atoms with Crippen LogP contribution in [0.3, 0.4) is 0 Å². The van der Waals surface area contributed by atoms with Crippen molar-refractivity contribution in [2.24, 2.45) is 0 Å². The number of aromatic nitrogens is 2. The Kier molecular flexibility index (Phi) is 5.27. The molecule has 0 atom stereocenters. The van der Waals surface area contributed by atoms with Crippen molar-refractivity contribution in [1.29, 1.82) is 0 Å². The number of esters is 1. The molecule has 0 spiro atoms. The fourth-order valence-corrected chi connectivity index (χ4v) is 5.15. The molecule has 3 heterocycles. The Labute approximate surface area is 166 Å². The van der Waals surface area contributed by atoms with Crippen LogP contribution in [0.25, 0.3) is 20.7 Å². The monoisotopic (exact) mass is 404 g/mol. The van der Waals surface area contributed by atoms with E-state index < -0.39 is 11.5 Å². The van der Waals surface area contributed by atoms with Gasteiger partial charge in [-0.25, -0.2) is 9.78 Å². The van der Waals surface area contributed by atoms with E-state index in [4.69, 9.17) is 9.72 Å². The normalized spacial score (nSPS) is 12.1. The van der Waals surface area contributed by atoms with Gasteiger partial charge in [0.25, 0.3) is 5.56 Å². The minimum Gasteiger partial charge on any atom is -0.464 e. The first-order valence-corrected chi connectivity index (χ1v) is 10.7. The number of carbonyl (C=O) groups excluding carboxylic acids is 1. The molecule has 5 nitrogen and oxygen atoms in total. The number of carbonyl (C=O) groups is 1. The summed E-state index contributed by atoms with van der Waals surface area (Å²) in [5.74, 6) is 0.160. The van der Waals surface area contributed by atoms with Crippen LogP contribution in [0.15, 0.2) is 22.3 Å². The Morgan fingerprint density at radius 3 is 2.63 bits per heavy atom. The highest BCUT2D eigenvalue weighted by atomic mass is 32.1. The molecule has 0 saturated carbocycles. The second-order valence-corrected chi connectivity index (χ2v) is 9.39. The van der Waals surface area contributed by atoms with Gasteiger partial charge in [-0.2, -0.15) is 0 Å². The lowest BCUT2D eigenvalue weighted by Gasteiger charge is -2.28. The van der Waals surface area contributed by atoms with Gasteiger partial charge >= 0.3 is 5.97 Å². The number of ether oxygens (including phenoxy) is 1. The van der Waals surface area contributed by atoms with Crippen LogP contribution >= 0.6 is 22.7 Å². The van der Waals surface area contributed by atoms with Crippen LogP contribution in [-0.2, 0) is 15.1 Å². The maximum absolute atomic E-state index is 13.7. The van der Waals surface area contributed by atoms with Crippen molar-refractivity contribution in [3.8, 4) is 10.4 Å². The fraction of sp³-hybridized carbons (Fsp3) is 0.450. The van der Waals surface area contributed by atoms with Crippen LogP contribution in [0.5, 0.6) is 0 Å². The van der Waals surface area contributed by atoms with Gasteiger partial charge in [-0.15, -0.1) is 22.7 Å². The summed E-state index contributed by atoms with van der Waals surface area (Å²) in [6.07, 6.45) is 0. The van der Waals surface area contributed by atoms with Crippen LogP contribution in [0.4, 0.5) is 0 Å². The molecule has 0 aromatic carbocycles. The lowest BCUT2D eigenvalue weighted by molar-refractivity contribution is -0.152. The largest absolute Gasteiger partial charge is 0.464 e. The van der Waals surface area contributed by atoms with Crippen LogP contribution < -0.4 is 5.56 Å². The van der Waals surface area contributed by atoms with E-state index in [2.05, 4.69) is 0 Å². The van der Waals surface area contributed by atoms with Gasteiger partial charge in [0.2, 0.25) is 0 Å². The van der Waals surface area contributed by atoms with Crippen LogP contribution in [0.1, 0.15) is 51.2 Å². The van der Waals surface area contributed by atoms with Gasteiger partial charge in [0, 0.05) is 21.2 Å². The van der Waals surface area contributed by atoms with Crippen molar-refractivity contribution < 1.29 is 9.53 Å². The van der Waals surface area contributed by atoms with E-state index in [0.29, 0.717) is 11.2 Å². The predicted octanol–water partition coefficient (Wildman–Crippen LogP) is 4.92. The quantitative estimate of drug-likeness (QED) is 0.567. The zero-order valence-corrected chi connectivity index (χ0v) is 18.1. The third-order valence-corrected chi connectivity index (χ3v) is 6.43. The number of thiophene rings is 2. The molecule has 7 heteroatoms. The molecule has 0 bridgehead atoms. The minimum atomic E-state index is -1.14. The Bertz CT molecular complexity index is 1040. The van der Waals surface area contributed by atoms with Gasteiger partial charge in [0.1, 0.15) is 16.2 Å². The smallest absolute Gasteiger partial charge is 0.331 e. The molecule has 3 aromatic heterocycles. The van der Waals surface area contributed by atoms with E-state index in [9.17, 15) is 9.59 Å². The second kappa shape index (κ2) is 7.20. The highest BCUT2D eigenvalue weighted by Gasteiger charge is 2.36. The number of nitrogens with zero attached hydrogens (tertiary/aromatic N) is 2. The molecule has 0 fully saturated rings. The van der Waals surface area contributed by atoms with Gasteiger partial charge in [-0.1, -0.05) is 19.9 Å². The van der Waals surface area contributed by atoms with Crippen LogP contribution in [0.2, 0.25) is 0 Å². The zero-order valence-electron chi connectivity index (χ0n) is 16.5. The molecule has 27 heavy (non-hydrogen) atoms.